The molecule has 0 bridgehead atoms. The molecule has 2 rings (SSSR count). The predicted octanol–water partition coefficient (Wildman–Crippen LogP) is 2.06. The van der Waals surface area contributed by atoms with Crippen molar-refractivity contribution in [3.63, 3.8) is 0 Å². The molecule has 1 aliphatic rings. The van der Waals surface area contributed by atoms with Gasteiger partial charge in [0.05, 0.1) is 6.54 Å². The van der Waals surface area contributed by atoms with Gasteiger partial charge in [-0.1, -0.05) is 0 Å². The molecule has 0 aromatic carbocycles. The molecular formula is C15H24N2O3. The van der Waals surface area contributed by atoms with Crippen LogP contribution in [0.5, 0.6) is 0 Å². The fraction of sp³-hybridized carbons (Fsp3) is 0.667. The van der Waals surface area contributed by atoms with Gasteiger partial charge < -0.3 is 14.4 Å². The molecule has 1 aliphatic heterocycles. The van der Waals surface area contributed by atoms with E-state index in [1.807, 2.05) is 0 Å². The third-order valence-corrected chi connectivity index (χ3v) is 4.03. The summed E-state index contributed by atoms with van der Waals surface area (Å²) in [4.78, 5) is 15.6. The smallest absolute Gasteiger partial charge is 0.339 e. The van der Waals surface area contributed by atoms with Gasteiger partial charge in [0.1, 0.15) is 17.1 Å². The number of hydrogen-bond acceptors (Lipinski definition) is 4. The van der Waals surface area contributed by atoms with E-state index in [9.17, 15) is 4.79 Å². The molecule has 1 aromatic heterocycles. The quantitative estimate of drug-likeness (QED) is 0.894. The Balaban J connectivity index is 1.86. The maximum atomic E-state index is 11.0. The summed E-state index contributed by atoms with van der Waals surface area (Å²) >= 11 is 0. The van der Waals surface area contributed by atoms with E-state index in [0.717, 1.165) is 18.2 Å². The van der Waals surface area contributed by atoms with E-state index >= 15 is 0 Å². The van der Waals surface area contributed by atoms with E-state index in [2.05, 4.69) is 23.9 Å². The first-order chi connectivity index (χ1) is 9.45. The van der Waals surface area contributed by atoms with Crippen molar-refractivity contribution in [2.45, 2.75) is 26.3 Å². The maximum absolute atomic E-state index is 11.0. The lowest BCUT2D eigenvalue weighted by molar-refractivity contribution is 0.0695. The van der Waals surface area contributed by atoms with Crippen LogP contribution in [0.15, 0.2) is 10.5 Å². The molecule has 1 saturated heterocycles. The van der Waals surface area contributed by atoms with E-state index in [1.165, 1.54) is 25.9 Å². The van der Waals surface area contributed by atoms with Crippen LogP contribution in [-0.4, -0.2) is 54.6 Å². The molecule has 2 heterocycles. The van der Waals surface area contributed by atoms with Crippen molar-refractivity contribution in [3.05, 3.63) is 23.2 Å². The second-order valence-electron chi connectivity index (χ2n) is 5.93. The fourth-order valence-electron chi connectivity index (χ4n) is 2.85. The molecule has 1 N–H and O–H groups in total. The van der Waals surface area contributed by atoms with Crippen molar-refractivity contribution in [1.82, 2.24) is 9.80 Å². The van der Waals surface area contributed by atoms with Crippen LogP contribution >= 0.6 is 0 Å². The highest BCUT2D eigenvalue weighted by atomic mass is 16.4. The molecule has 0 amide bonds. The van der Waals surface area contributed by atoms with Crippen LogP contribution in [0.1, 0.15) is 34.7 Å². The van der Waals surface area contributed by atoms with Crippen molar-refractivity contribution in [2.24, 2.45) is 5.92 Å². The largest absolute Gasteiger partial charge is 0.478 e. The van der Waals surface area contributed by atoms with E-state index in [4.69, 9.17) is 9.52 Å². The minimum Gasteiger partial charge on any atom is -0.478 e. The topological polar surface area (TPSA) is 56.9 Å². The van der Waals surface area contributed by atoms with Crippen molar-refractivity contribution >= 4 is 5.97 Å². The lowest BCUT2D eigenvalue weighted by Gasteiger charge is -2.31. The number of carboxylic acid groups (broad SMARTS) is 1. The van der Waals surface area contributed by atoms with Gasteiger partial charge in [-0.2, -0.15) is 0 Å². The van der Waals surface area contributed by atoms with Gasteiger partial charge in [0.25, 0.3) is 0 Å². The average Bonchev–Trinajstić information content (AvgIpc) is 2.73. The Bertz CT molecular complexity index is 462. The van der Waals surface area contributed by atoms with Crippen LogP contribution in [0.2, 0.25) is 0 Å². The summed E-state index contributed by atoms with van der Waals surface area (Å²) < 4.78 is 5.52. The molecule has 20 heavy (non-hydrogen) atoms. The number of aryl methyl sites for hydroxylation is 1. The number of hydrogen-bond donors (Lipinski definition) is 1. The number of likely N-dealkylation sites (tertiary alicyclic amines) is 1. The third-order valence-electron chi connectivity index (χ3n) is 4.03. The van der Waals surface area contributed by atoms with Gasteiger partial charge in [0.2, 0.25) is 0 Å². The lowest BCUT2D eigenvalue weighted by Crippen LogP contribution is -2.35. The molecule has 0 saturated carbocycles. The Kier molecular flexibility index (Phi) is 4.83. The van der Waals surface area contributed by atoms with E-state index in [0.29, 0.717) is 12.3 Å². The molecule has 5 nitrogen and oxygen atoms in total. The van der Waals surface area contributed by atoms with Crippen LogP contribution in [-0.2, 0) is 6.54 Å². The van der Waals surface area contributed by atoms with Crippen molar-refractivity contribution < 1.29 is 14.3 Å². The lowest BCUT2D eigenvalue weighted by atomic mass is 9.97. The predicted molar refractivity (Wildman–Crippen MR) is 77.0 cm³/mol. The number of carbonyl (C=O) groups is 1. The molecule has 0 aliphatic carbocycles. The second-order valence-corrected chi connectivity index (χ2v) is 5.93. The van der Waals surface area contributed by atoms with Crippen molar-refractivity contribution in [2.75, 3.05) is 33.7 Å². The van der Waals surface area contributed by atoms with Crippen LogP contribution < -0.4 is 0 Å². The Morgan fingerprint density at radius 3 is 2.70 bits per heavy atom. The van der Waals surface area contributed by atoms with Gasteiger partial charge in [-0.05, 0) is 58.9 Å². The van der Waals surface area contributed by atoms with Gasteiger partial charge in [-0.25, -0.2) is 4.79 Å². The molecular weight excluding hydrogens is 256 g/mol. The van der Waals surface area contributed by atoms with Gasteiger partial charge in [0, 0.05) is 6.54 Å². The zero-order valence-corrected chi connectivity index (χ0v) is 12.6. The molecule has 0 atom stereocenters. The summed E-state index contributed by atoms with van der Waals surface area (Å²) in [5.74, 6) is 1.03. The minimum absolute atomic E-state index is 0.271. The van der Waals surface area contributed by atoms with Crippen LogP contribution in [0.4, 0.5) is 0 Å². The number of aromatic carboxylic acids is 1. The summed E-state index contributed by atoms with van der Waals surface area (Å²) in [6, 6.07) is 1.64. The second kappa shape index (κ2) is 6.41. The molecule has 0 spiro atoms. The number of carboxylic acids is 1. The first-order valence-electron chi connectivity index (χ1n) is 7.15. The summed E-state index contributed by atoms with van der Waals surface area (Å²) in [6.07, 6.45) is 2.47. The summed E-state index contributed by atoms with van der Waals surface area (Å²) in [5, 5.41) is 9.02. The standard InChI is InChI=1S/C15H24N2O3/c1-11-14(15(18)19)8-13(20-11)10-17(3)9-12-4-6-16(2)7-5-12/h8,12H,4-7,9-10H2,1-3H3,(H,18,19). The Morgan fingerprint density at radius 1 is 1.50 bits per heavy atom. The molecule has 0 unspecified atom stereocenters. The number of nitrogens with zero attached hydrogens (tertiary/aromatic N) is 2. The van der Waals surface area contributed by atoms with Crippen LogP contribution in [0, 0.1) is 12.8 Å². The highest BCUT2D eigenvalue weighted by Crippen LogP contribution is 2.19. The zero-order chi connectivity index (χ0) is 14.7. The number of furan rings is 1. The third kappa shape index (κ3) is 3.84. The van der Waals surface area contributed by atoms with Crippen molar-refractivity contribution in [1.29, 1.82) is 0 Å². The normalized spacial score (nSPS) is 17.8. The summed E-state index contributed by atoms with van der Waals surface area (Å²) in [5.41, 5.74) is 0.271. The zero-order valence-electron chi connectivity index (χ0n) is 12.6. The highest BCUT2D eigenvalue weighted by Gasteiger charge is 2.19. The molecule has 5 heteroatoms. The van der Waals surface area contributed by atoms with E-state index in [-0.39, 0.29) is 5.56 Å². The van der Waals surface area contributed by atoms with Gasteiger partial charge in [0.15, 0.2) is 0 Å². The van der Waals surface area contributed by atoms with Gasteiger partial charge in [-0.3, -0.25) is 4.90 Å². The fourth-order valence-corrected chi connectivity index (χ4v) is 2.85. The molecule has 1 aromatic rings. The number of rotatable bonds is 5. The van der Waals surface area contributed by atoms with E-state index in [1.54, 1.807) is 13.0 Å². The SMILES string of the molecule is Cc1oc(CN(C)CC2CCN(C)CC2)cc1C(=O)O. The Labute approximate surface area is 120 Å². The molecule has 112 valence electrons. The van der Waals surface area contributed by atoms with E-state index < -0.39 is 5.97 Å². The maximum Gasteiger partial charge on any atom is 0.339 e. The summed E-state index contributed by atoms with van der Waals surface area (Å²) in [7, 11) is 4.23. The number of piperidine rings is 1. The minimum atomic E-state index is -0.921. The highest BCUT2D eigenvalue weighted by molar-refractivity contribution is 5.88. The average molecular weight is 280 g/mol. The van der Waals surface area contributed by atoms with Crippen molar-refractivity contribution in [3.8, 4) is 0 Å². The molecule has 0 radical (unpaired) electrons. The van der Waals surface area contributed by atoms with Gasteiger partial charge in [-0.15, -0.1) is 0 Å². The first kappa shape index (κ1) is 15.1. The monoisotopic (exact) mass is 280 g/mol. The summed E-state index contributed by atoms with van der Waals surface area (Å²) in [6.45, 7) is 5.74. The van der Waals surface area contributed by atoms with Crippen LogP contribution in [0.3, 0.4) is 0 Å². The molecule has 1 fully saturated rings. The Hall–Kier alpha value is -1.33. The first-order valence-corrected chi connectivity index (χ1v) is 7.15. The van der Waals surface area contributed by atoms with Gasteiger partial charge >= 0.3 is 5.97 Å². The van der Waals surface area contributed by atoms with Crippen LogP contribution in [0.25, 0.3) is 0 Å². The Morgan fingerprint density at radius 2 is 2.15 bits per heavy atom.